The van der Waals surface area contributed by atoms with Crippen molar-refractivity contribution in [2.24, 2.45) is 4.99 Å². The zero-order chi connectivity index (χ0) is 26.0. The number of allylic oxidation sites excluding steroid dienone is 6. The summed E-state index contributed by atoms with van der Waals surface area (Å²) in [7, 11) is -2.79. The Bertz CT molecular complexity index is 1630. The summed E-state index contributed by atoms with van der Waals surface area (Å²) in [5.41, 5.74) is 4.16. The lowest BCUT2D eigenvalue weighted by Gasteiger charge is -2.24. The zero-order valence-corrected chi connectivity index (χ0v) is 20.4. The molecule has 8 nitrogen and oxygen atoms in total. The molecule has 0 amide bonds. The molecule has 0 saturated carbocycles. The number of nitrogens with one attached hydrogen (secondary N) is 1. The van der Waals surface area contributed by atoms with Crippen molar-refractivity contribution in [2.75, 3.05) is 7.11 Å². The van der Waals surface area contributed by atoms with Crippen LogP contribution in [-0.4, -0.2) is 42.6 Å². The zero-order valence-electron chi connectivity index (χ0n) is 19.6. The highest BCUT2D eigenvalue weighted by Crippen LogP contribution is 2.32. The number of hydrogen-bond donors (Lipinski definition) is 1. The number of fused-ring (bicyclic) bond motifs is 1. The van der Waals surface area contributed by atoms with Crippen molar-refractivity contribution in [3.05, 3.63) is 95.5 Å². The number of nitrogens with zero attached hydrogens (tertiary/aromatic N) is 4. The monoisotopic (exact) mass is 521 g/mol. The third-order valence-corrected chi connectivity index (χ3v) is 7.56. The highest BCUT2D eigenvalue weighted by Gasteiger charge is 2.30. The van der Waals surface area contributed by atoms with Crippen molar-refractivity contribution >= 4 is 32.4 Å². The molecule has 0 radical (unpaired) electrons. The van der Waals surface area contributed by atoms with Crippen LogP contribution in [0.25, 0.3) is 27.6 Å². The molecule has 3 aromatic rings. The minimum Gasteiger partial charge on any atom is -0.483 e. The first kappa shape index (κ1) is 24.6. The summed E-state index contributed by atoms with van der Waals surface area (Å²) in [6.07, 6.45) is 8.92. The van der Waals surface area contributed by atoms with Gasteiger partial charge in [-0.1, -0.05) is 6.07 Å². The van der Waals surface area contributed by atoms with Crippen molar-refractivity contribution in [1.82, 2.24) is 19.9 Å². The van der Waals surface area contributed by atoms with Gasteiger partial charge in [0.25, 0.3) is 0 Å². The average molecular weight is 522 g/mol. The molecule has 1 N–H and O–H groups in total. The van der Waals surface area contributed by atoms with Crippen LogP contribution in [0.4, 0.5) is 8.78 Å². The first-order valence-electron chi connectivity index (χ1n) is 11.3. The molecule has 11 heteroatoms. The minimum absolute atomic E-state index is 0.158. The second kappa shape index (κ2) is 10.1. The molecular formula is C26H21F2N5O3S. The maximum atomic E-state index is 13.9. The Labute approximate surface area is 211 Å². The number of halogens is 2. The van der Waals surface area contributed by atoms with Gasteiger partial charge in [-0.15, -0.1) is 0 Å². The molecule has 37 heavy (non-hydrogen) atoms. The molecule has 188 valence electrons. The predicted molar refractivity (Wildman–Crippen MR) is 137 cm³/mol. The summed E-state index contributed by atoms with van der Waals surface area (Å²) in [4.78, 5) is 8.46. The van der Waals surface area contributed by atoms with E-state index < -0.39 is 34.1 Å². The van der Waals surface area contributed by atoms with Crippen molar-refractivity contribution in [2.45, 2.75) is 18.9 Å². The fourth-order valence-corrected chi connectivity index (χ4v) is 5.50. The second-order valence-corrected chi connectivity index (χ2v) is 10.1. The van der Waals surface area contributed by atoms with E-state index in [4.69, 9.17) is 4.74 Å². The molecule has 5 rings (SSSR count). The van der Waals surface area contributed by atoms with E-state index in [1.807, 2.05) is 30.3 Å². The lowest BCUT2D eigenvalue weighted by molar-refractivity contribution is 0.376. The third kappa shape index (κ3) is 5.23. The molecule has 1 aromatic carbocycles. The summed E-state index contributed by atoms with van der Waals surface area (Å²) in [6, 6.07) is 8.62. The van der Waals surface area contributed by atoms with E-state index in [-0.39, 0.29) is 17.2 Å². The topological polar surface area (TPSA) is 106 Å². The average Bonchev–Trinajstić information content (AvgIpc) is 3.08. The Morgan fingerprint density at radius 2 is 1.92 bits per heavy atom. The molecule has 1 aliphatic carbocycles. The van der Waals surface area contributed by atoms with Crippen molar-refractivity contribution in [3.8, 4) is 11.1 Å². The normalized spacial score (nSPS) is 18.2. The number of aliphatic imine (C=N–C) groups is 1. The number of hydrogen-bond acceptors (Lipinski definition) is 7. The second-order valence-electron chi connectivity index (χ2n) is 8.38. The lowest BCUT2D eigenvalue weighted by atomic mass is 9.94. The van der Waals surface area contributed by atoms with E-state index in [2.05, 4.69) is 24.9 Å². The van der Waals surface area contributed by atoms with Crippen molar-refractivity contribution in [1.29, 1.82) is 0 Å². The minimum atomic E-state index is -4.18. The molecule has 1 aliphatic heterocycles. The fraction of sp³-hybridized carbons (Fsp3) is 0.154. The van der Waals surface area contributed by atoms with E-state index in [9.17, 15) is 17.2 Å². The van der Waals surface area contributed by atoms with E-state index in [1.165, 1.54) is 7.11 Å². The summed E-state index contributed by atoms with van der Waals surface area (Å²) in [5.74, 6) is -1.60. The van der Waals surface area contributed by atoms with Gasteiger partial charge in [-0.2, -0.15) is 14.9 Å². The van der Waals surface area contributed by atoms with Gasteiger partial charge < -0.3 is 4.74 Å². The Morgan fingerprint density at radius 1 is 1.05 bits per heavy atom. The number of sulfonamides is 1. The predicted octanol–water partition coefficient (Wildman–Crippen LogP) is 4.76. The van der Waals surface area contributed by atoms with Gasteiger partial charge in [-0.3, -0.25) is 4.98 Å². The third-order valence-electron chi connectivity index (χ3n) is 6.00. The highest BCUT2D eigenvalue weighted by molar-refractivity contribution is 7.93. The Morgan fingerprint density at radius 3 is 2.70 bits per heavy atom. The van der Waals surface area contributed by atoms with Gasteiger partial charge in [0.1, 0.15) is 17.7 Å². The summed E-state index contributed by atoms with van der Waals surface area (Å²) in [5, 5.41) is 8.68. The van der Waals surface area contributed by atoms with E-state index in [1.54, 1.807) is 24.8 Å². The Hall–Kier alpha value is -4.09. The number of pyridine rings is 1. The van der Waals surface area contributed by atoms with Crippen LogP contribution in [0.3, 0.4) is 0 Å². The van der Waals surface area contributed by atoms with E-state index in [0.717, 1.165) is 45.3 Å². The summed E-state index contributed by atoms with van der Waals surface area (Å²) in [6.45, 7) is 0. The number of rotatable bonds is 5. The molecule has 0 fully saturated rings. The molecule has 2 aliphatic rings. The molecular weight excluding hydrogens is 500 g/mol. The van der Waals surface area contributed by atoms with Gasteiger partial charge >= 0.3 is 0 Å². The Balaban J connectivity index is 1.46. The Kier molecular flexibility index (Phi) is 6.72. The highest BCUT2D eigenvalue weighted by atomic mass is 32.2. The summed E-state index contributed by atoms with van der Waals surface area (Å²) >= 11 is 0. The van der Waals surface area contributed by atoms with E-state index in [0.29, 0.717) is 6.08 Å². The van der Waals surface area contributed by atoms with Crippen LogP contribution in [-0.2, 0) is 14.8 Å². The van der Waals surface area contributed by atoms with Gasteiger partial charge in [-0.05, 0) is 59.5 Å². The van der Waals surface area contributed by atoms with Crippen LogP contribution < -0.4 is 4.72 Å². The van der Waals surface area contributed by atoms with Crippen LogP contribution in [0.2, 0.25) is 0 Å². The SMILES string of the molecule is COC1=NC=C(c2ccc3nccc(-c4ccnnc4)c3c2)CC1NS(=O)(=O)C1=CC=C(F)C=C(F)C1. The van der Waals surface area contributed by atoms with Crippen LogP contribution in [0.1, 0.15) is 18.4 Å². The maximum Gasteiger partial charge on any atom is 0.237 e. The van der Waals surface area contributed by atoms with Crippen LogP contribution in [0.5, 0.6) is 0 Å². The van der Waals surface area contributed by atoms with Crippen molar-refractivity contribution in [3.63, 3.8) is 0 Å². The molecule has 1 atom stereocenters. The van der Waals surface area contributed by atoms with E-state index >= 15 is 0 Å². The standard InChI is InChI=1S/C26H21F2N5O3S/c1-36-26-25(33-37(34,35)21-4-3-19(27)12-20(28)13-21)11-18(14-30-26)16-2-5-24-23(10-16)22(7-8-29-24)17-6-9-31-32-15-17/h2-10,12,14-15,25,33H,11,13H2,1H3. The lowest BCUT2D eigenvalue weighted by Crippen LogP contribution is -2.43. The molecule has 2 aromatic heterocycles. The van der Waals surface area contributed by atoms with Gasteiger partial charge in [-0.25, -0.2) is 22.2 Å². The first-order valence-corrected chi connectivity index (χ1v) is 12.7. The summed E-state index contributed by atoms with van der Waals surface area (Å²) < 4.78 is 61.5. The van der Waals surface area contributed by atoms with Gasteiger partial charge in [0.05, 0.1) is 29.9 Å². The fourth-order valence-electron chi connectivity index (χ4n) is 4.21. The van der Waals surface area contributed by atoms with Gasteiger partial charge in [0.2, 0.25) is 15.9 Å². The van der Waals surface area contributed by atoms with Crippen LogP contribution >= 0.6 is 0 Å². The van der Waals surface area contributed by atoms with Crippen LogP contribution in [0, 0.1) is 0 Å². The van der Waals surface area contributed by atoms with Gasteiger partial charge in [0.15, 0.2) is 0 Å². The smallest absolute Gasteiger partial charge is 0.237 e. The molecule has 1 unspecified atom stereocenters. The largest absolute Gasteiger partial charge is 0.483 e. The number of methoxy groups -OCH3 is 1. The van der Waals surface area contributed by atoms with Crippen molar-refractivity contribution < 1.29 is 21.9 Å². The number of ether oxygens (including phenoxy) is 1. The first-order chi connectivity index (χ1) is 17.8. The van der Waals surface area contributed by atoms with Gasteiger partial charge in [0, 0.05) is 35.8 Å². The molecule has 0 saturated heterocycles. The quantitative estimate of drug-likeness (QED) is 0.519. The van der Waals surface area contributed by atoms with Crippen LogP contribution in [0.15, 0.2) is 94.9 Å². The maximum absolute atomic E-state index is 13.9. The molecule has 3 heterocycles. The molecule has 0 spiro atoms. The number of aromatic nitrogens is 3. The number of benzene rings is 1. The molecule has 0 bridgehead atoms.